The molecule has 5 nitrogen and oxygen atoms in total. The molecule has 0 bridgehead atoms. The number of likely N-dealkylation sites (N-methyl/N-ethyl adjacent to an activating group) is 1. The number of benzene rings is 1. The number of carbonyl (C=O) groups is 1. The number of hydrogen-bond acceptors (Lipinski definition) is 4. The van der Waals surface area contributed by atoms with Crippen molar-refractivity contribution in [2.75, 3.05) is 40.4 Å². The van der Waals surface area contributed by atoms with Gasteiger partial charge in [-0.25, -0.2) is 4.39 Å². The second-order valence-electron chi connectivity index (χ2n) is 7.01. The first-order valence-electron chi connectivity index (χ1n) is 8.38. The molecular weight excluding hydrogens is 311 g/mol. The number of halogens is 1. The van der Waals surface area contributed by atoms with Crippen molar-refractivity contribution < 1.29 is 18.7 Å². The summed E-state index contributed by atoms with van der Waals surface area (Å²) < 4.78 is 25.0. The predicted molar refractivity (Wildman–Crippen MR) is 88.0 cm³/mol. The molecule has 2 aliphatic rings. The number of carbonyl (C=O) groups excluding carboxylic acids is 1. The molecule has 0 N–H and O–H groups in total. The molecule has 2 heterocycles. The fourth-order valence-corrected chi connectivity index (χ4v) is 3.47. The Morgan fingerprint density at radius 2 is 2.33 bits per heavy atom. The van der Waals surface area contributed by atoms with Gasteiger partial charge in [-0.2, -0.15) is 0 Å². The van der Waals surface area contributed by atoms with Gasteiger partial charge < -0.3 is 14.4 Å². The summed E-state index contributed by atoms with van der Waals surface area (Å²) >= 11 is 0. The van der Waals surface area contributed by atoms with E-state index >= 15 is 0 Å². The molecule has 132 valence electrons. The zero-order valence-corrected chi connectivity index (χ0v) is 14.3. The normalized spacial score (nSPS) is 27.0. The van der Waals surface area contributed by atoms with E-state index in [2.05, 4.69) is 4.90 Å². The standard InChI is InChI=1S/C18H25FN2O3/c1-20(2)17(22)12-23-16-9-18(24-11-16)6-7-21(13-18)10-14-4-3-5-15(19)8-14/h3-5,8,16H,6-7,9-13H2,1-2H3. The van der Waals surface area contributed by atoms with Crippen LogP contribution < -0.4 is 0 Å². The van der Waals surface area contributed by atoms with Crippen molar-refractivity contribution in [3.8, 4) is 0 Å². The first-order chi connectivity index (χ1) is 11.5. The van der Waals surface area contributed by atoms with Crippen LogP contribution in [-0.2, 0) is 20.8 Å². The number of hydrogen-bond donors (Lipinski definition) is 0. The van der Waals surface area contributed by atoms with Gasteiger partial charge in [0, 0.05) is 40.2 Å². The minimum absolute atomic E-state index is 0.0250. The Morgan fingerprint density at radius 3 is 3.08 bits per heavy atom. The molecule has 2 aliphatic heterocycles. The molecular formula is C18H25FN2O3. The highest BCUT2D eigenvalue weighted by molar-refractivity contribution is 5.76. The average molecular weight is 336 g/mol. The molecule has 24 heavy (non-hydrogen) atoms. The molecule has 3 rings (SSSR count). The molecule has 6 heteroatoms. The van der Waals surface area contributed by atoms with Crippen LogP contribution in [0.4, 0.5) is 4.39 Å². The maximum Gasteiger partial charge on any atom is 0.248 e. The number of amides is 1. The first kappa shape index (κ1) is 17.3. The lowest BCUT2D eigenvalue weighted by Crippen LogP contribution is -2.33. The highest BCUT2D eigenvalue weighted by Gasteiger charge is 2.45. The highest BCUT2D eigenvalue weighted by Crippen LogP contribution is 2.36. The van der Waals surface area contributed by atoms with Gasteiger partial charge >= 0.3 is 0 Å². The van der Waals surface area contributed by atoms with E-state index in [4.69, 9.17) is 9.47 Å². The van der Waals surface area contributed by atoms with Crippen LogP contribution in [0, 0.1) is 5.82 Å². The summed E-state index contributed by atoms with van der Waals surface area (Å²) in [6, 6.07) is 6.74. The van der Waals surface area contributed by atoms with Crippen LogP contribution in [0.5, 0.6) is 0 Å². The van der Waals surface area contributed by atoms with E-state index in [1.807, 2.05) is 6.07 Å². The summed E-state index contributed by atoms with van der Waals surface area (Å²) in [5, 5.41) is 0. The molecule has 2 saturated heterocycles. The van der Waals surface area contributed by atoms with Gasteiger partial charge in [-0.1, -0.05) is 12.1 Å². The average Bonchev–Trinajstić information content (AvgIpc) is 3.12. The van der Waals surface area contributed by atoms with Crippen molar-refractivity contribution in [2.24, 2.45) is 0 Å². The second-order valence-corrected chi connectivity index (χ2v) is 7.01. The minimum atomic E-state index is -0.197. The molecule has 2 atom stereocenters. The Morgan fingerprint density at radius 1 is 1.50 bits per heavy atom. The van der Waals surface area contributed by atoms with Crippen LogP contribution in [0.2, 0.25) is 0 Å². The molecule has 1 spiro atoms. The molecule has 0 aromatic heterocycles. The third-order valence-electron chi connectivity index (χ3n) is 4.81. The van der Waals surface area contributed by atoms with Gasteiger partial charge in [0.2, 0.25) is 5.91 Å². The molecule has 1 aromatic carbocycles. The van der Waals surface area contributed by atoms with Crippen LogP contribution in [-0.4, -0.2) is 67.8 Å². The fourth-order valence-electron chi connectivity index (χ4n) is 3.47. The quantitative estimate of drug-likeness (QED) is 0.820. The van der Waals surface area contributed by atoms with Gasteiger partial charge in [0.1, 0.15) is 12.4 Å². The molecule has 1 aromatic rings. The van der Waals surface area contributed by atoms with Crippen LogP contribution in [0.3, 0.4) is 0 Å². The van der Waals surface area contributed by atoms with Crippen molar-refractivity contribution >= 4 is 5.91 Å². The SMILES string of the molecule is CN(C)C(=O)COC1COC2(CCN(Cc3cccc(F)c3)C2)C1. The number of nitrogens with zero attached hydrogens (tertiary/aromatic N) is 2. The van der Waals surface area contributed by atoms with E-state index in [1.54, 1.807) is 26.2 Å². The van der Waals surface area contributed by atoms with E-state index in [0.29, 0.717) is 6.61 Å². The van der Waals surface area contributed by atoms with Crippen molar-refractivity contribution in [1.29, 1.82) is 0 Å². The maximum atomic E-state index is 13.3. The minimum Gasteiger partial charge on any atom is -0.371 e. The van der Waals surface area contributed by atoms with Gasteiger partial charge in [0.05, 0.1) is 18.3 Å². The van der Waals surface area contributed by atoms with Crippen molar-refractivity contribution in [3.63, 3.8) is 0 Å². The summed E-state index contributed by atoms with van der Waals surface area (Å²) in [4.78, 5) is 15.4. The Kier molecular flexibility index (Phi) is 5.18. The monoisotopic (exact) mass is 336 g/mol. The van der Waals surface area contributed by atoms with Gasteiger partial charge in [-0.15, -0.1) is 0 Å². The molecule has 1 amide bonds. The largest absolute Gasteiger partial charge is 0.371 e. The summed E-state index contributed by atoms with van der Waals surface area (Å²) in [6.07, 6.45) is 1.74. The zero-order chi connectivity index (χ0) is 17.2. The van der Waals surface area contributed by atoms with Gasteiger partial charge in [-0.3, -0.25) is 9.69 Å². The highest BCUT2D eigenvalue weighted by atomic mass is 19.1. The lowest BCUT2D eigenvalue weighted by Gasteiger charge is -2.23. The third kappa shape index (κ3) is 4.12. The van der Waals surface area contributed by atoms with Crippen molar-refractivity contribution in [3.05, 3.63) is 35.6 Å². The summed E-state index contributed by atoms with van der Waals surface area (Å²) in [6.45, 7) is 3.12. The number of ether oxygens (including phenoxy) is 2. The number of likely N-dealkylation sites (tertiary alicyclic amines) is 1. The molecule has 0 radical (unpaired) electrons. The Balaban J connectivity index is 1.49. The zero-order valence-electron chi connectivity index (χ0n) is 14.3. The van der Waals surface area contributed by atoms with E-state index in [9.17, 15) is 9.18 Å². The maximum absolute atomic E-state index is 13.3. The van der Waals surface area contributed by atoms with Gasteiger partial charge in [0.15, 0.2) is 0 Å². The van der Waals surface area contributed by atoms with Crippen LogP contribution in [0.1, 0.15) is 18.4 Å². The summed E-state index contributed by atoms with van der Waals surface area (Å²) in [5.74, 6) is -0.229. The third-order valence-corrected chi connectivity index (χ3v) is 4.81. The fraction of sp³-hybridized carbons (Fsp3) is 0.611. The van der Waals surface area contributed by atoms with Crippen molar-refractivity contribution in [1.82, 2.24) is 9.80 Å². The van der Waals surface area contributed by atoms with E-state index in [0.717, 1.165) is 38.0 Å². The summed E-state index contributed by atoms with van der Waals surface area (Å²) in [7, 11) is 3.44. The Hall–Kier alpha value is -1.50. The topological polar surface area (TPSA) is 42.0 Å². The smallest absolute Gasteiger partial charge is 0.248 e. The summed E-state index contributed by atoms with van der Waals surface area (Å²) in [5.41, 5.74) is 0.800. The van der Waals surface area contributed by atoms with E-state index < -0.39 is 0 Å². The first-order valence-corrected chi connectivity index (χ1v) is 8.38. The van der Waals surface area contributed by atoms with Gasteiger partial charge in [-0.05, 0) is 24.1 Å². The molecule has 2 fully saturated rings. The van der Waals surface area contributed by atoms with Crippen LogP contribution in [0.25, 0.3) is 0 Å². The van der Waals surface area contributed by atoms with E-state index in [-0.39, 0.29) is 30.0 Å². The van der Waals surface area contributed by atoms with Crippen molar-refractivity contribution in [2.45, 2.75) is 31.1 Å². The van der Waals surface area contributed by atoms with E-state index in [1.165, 1.54) is 11.0 Å². The Bertz CT molecular complexity index is 595. The van der Waals surface area contributed by atoms with Gasteiger partial charge in [0.25, 0.3) is 0 Å². The second kappa shape index (κ2) is 7.17. The lowest BCUT2D eigenvalue weighted by atomic mass is 9.98. The van der Waals surface area contributed by atoms with Crippen LogP contribution in [0.15, 0.2) is 24.3 Å². The Labute approximate surface area is 142 Å². The predicted octanol–water partition coefficient (Wildman–Crippen LogP) is 1.66. The lowest BCUT2D eigenvalue weighted by molar-refractivity contribution is -0.135. The number of rotatable bonds is 5. The molecule has 2 unspecified atom stereocenters. The molecule has 0 saturated carbocycles. The molecule has 0 aliphatic carbocycles. The van der Waals surface area contributed by atoms with Crippen LogP contribution >= 0.6 is 0 Å².